The number of halogens is 2. The standard InChI is InChI=1S/C28H26Cl2N4O2S/c1-16-13-20(17(2)33(16)23-10-8-18(29)14-21(23)30)27-26(22-7-5-6-12-31-22)32-28(37)34(27)24-11-9-19(35-3)15-25(24)36-4/h5-15,26-27H,1-4H3,(H,32,37)/t26-,27+/m1/s1. The Morgan fingerprint density at radius 3 is 2.41 bits per heavy atom. The minimum atomic E-state index is -0.212. The average Bonchev–Trinajstić information content (AvgIpc) is 3.39. The molecule has 0 radical (unpaired) electrons. The number of aromatic nitrogens is 2. The molecule has 2 atom stereocenters. The molecule has 1 saturated heterocycles. The Balaban J connectivity index is 1.71. The highest BCUT2D eigenvalue weighted by Crippen LogP contribution is 2.47. The molecule has 2 aromatic carbocycles. The van der Waals surface area contributed by atoms with Crippen molar-refractivity contribution in [1.82, 2.24) is 14.9 Å². The van der Waals surface area contributed by atoms with Crippen LogP contribution in [-0.4, -0.2) is 28.9 Å². The minimum Gasteiger partial charge on any atom is -0.497 e. The maximum atomic E-state index is 6.63. The third kappa shape index (κ3) is 4.52. The second-order valence-electron chi connectivity index (χ2n) is 8.79. The summed E-state index contributed by atoms with van der Waals surface area (Å²) in [6, 6.07) is 18.9. The molecule has 3 heterocycles. The summed E-state index contributed by atoms with van der Waals surface area (Å²) in [6.07, 6.45) is 1.80. The van der Waals surface area contributed by atoms with E-state index in [1.165, 1.54) is 0 Å². The van der Waals surface area contributed by atoms with E-state index in [1.54, 1.807) is 26.5 Å². The van der Waals surface area contributed by atoms with E-state index in [0.29, 0.717) is 26.7 Å². The van der Waals surface area contributed by atoms with Gasteiger partial charge in [0.1, 0.15) is 11.5 Å². The molecule has 0 saturated carbocycles. The molecule has 0 amide bonds. The van der Waals surface area contributed by atoms with Crippen molar-refractivity contribution in [3.8, 4) is 17.2 Å². The number of nitrogens with zero attached hydrogens (tertiary/aromatic N) is 3. The Morgan fingerprint density at radius 2 is 1.73 bits per heavy atom. The van der Waals surface area contributed by atoms with Gasteiger partial charge in [-0.1, -0.05) is 29.3 Å². The zero-order valence-electron chi connectivity index (χ0n) is 20.8. The summed E-state index contributed by atoms with van der Waals surface area (Å²) in [5.41, 5.74) is 5.75. The molecule has 0 spiro atoms. The van der Waals surface area contributed by atoms with Gasteiger partial charge < -0.3 is 24.3 Å². The fourth-order valence-corrected chi connectivity index (χ4v) is 5.87. The summed E-state index contributed by atoms with van der Waals surface area (Å²) in [5, 5.41) is 5.27. The van der Waals surface area contributed by atoms with Crippen LogP contribution in [-0.2, 0) is 0 Å². The number of aryl methyl sites for hydroxylation is 1. The number of rotatable bonds is 6. The van der Waals surface area contributed by atoms with Gasteiger partial charge in [-0.05, 0) is 80.2 Å². The first kappa shape index (κ1) is 25.4. The Morgan fingerprint density at radius 1 is 0.946 bits per heavy atom. The van der Waals surface area contributed by atoms with Crippen molar-refractivity contribution in [1.29, 1.82) is 0 Å². The largest absolute Gasteiger partial charge is 0.497 e. The van der Waals surface area contributed by atoms with Crippen molar-refractivity contribution < 1.29 is 9.47 Å². The van der Waals surface area contributed by atoms with Crippen LogP contribution in [0.5, 0.6) is 11.5 Å². The van der Waals surface area contributed by atoms with E-state index in [2.05, 4.69) is 39.7 Å². The van der Waals surface area contributed by atoms with Gasteiger partial charge in [-0.2, -0.15) is 0 Å². The van der Waals surface area contributed by atoms with Crippen LogP contribution in [0.4, 0.5) is 5.69 Å². The molecular formula is C28H26Cl2N4O2S. The number of pyridine rings is 1. The predicted octanol–water partition coefficient (Wildman–Crippen LogP) is 6.99. The summed E-state index contributed by atoms with van der Waals surface area (Å²) in [5.74, 6) is 1.36. The molecule has 0 unspecified atom stereocenters. The average molecular weight is 554 g/mol. The van der Waals surface area contributed by atoms with Crippen molar-refractivity contribution in [2.24, 2.45) is 0 Å². The molecule has 0 bridgehead atoms. The molecule has 190 valence electrons. The lowest BCUT2D eigenvalue weighted by atomic mass is 9.96. The van der Waals surface area contributed by atoms with Crippen molar-refractivity contribution in [3.05, 3.63) is 99.6 Å². The van der Waals surface area contributed by atoms with Gasteiger partial charge in [0.25, 0.3) is 0 Å². The molecule has 1 fully saturated rings. The topological polar surface area (TPSA) is 51.5 Å². The van der Waals surface area contributed by atoms with E-state index in [-0.39, 0.29) is 12.1 Å². The number of hydrogen-bond donors (Lipinski definition) is 1. The van der Waals surface area contributed by atoms with Gasteiger partial charge in [0, 0.05) is 28.7 Å². The molecule has 5 rings (SSSR count). The lowest BCUT2D eigenvalue weighted by molar-refractivity contribution is 0.394. The lowest BCUT2D eigenvalue weighted by Crippen LogP contribution is -2.30. The van der Waals surface area contributed by atoms with E-state index in [1.807, 2.05) is 48.5 Å². The van der Waals surface area contributed by atoms with E-state index >= 15 is 0 Å². The van der Waals surface area contributed by atoms with Crippen LogP contribution < -0.4 is 19.7 Å². The normalized spacial score (nSPS) is 17.1. The van der Waals surface area contributed by atoms with Gasteiger partial charge >= 0.3 is 0 Å². The Kier molecular flexibility index (Phi) is 7.03. The van der Waals surface area contributed by atoms with Crippen molar-refractivity contribution in [3.63, 3.8) is 0 Å². The fraction of sp³-hybridized carbons (Fsp3) is 0.214. The van der Waals surface area contributed by atoms with Crippen LogP contribution in [0.2, 0.25) is 10.0 Å². The third-order valence-corrected chi connectivity index (χ3v) is 7.54. The summed E-state index contributed by atoms with van der Waals surface area (Å²) in [7, 11) is 3.28. The highest BCUT2D eigenvalue weighted by atomic mass is 35.5. The molecule has 4 aromatic rings. The zero-order chi connectivity index (χ0) is 26.3. The fourth-order valence-electron chi connectivity index (χ4n) is 5.03. The summed E-state index contributed by atoms with van der Waals surface area (Å²) < 4.78 is 13.3. The molecule has 2 aromatic heterocycles. The van der Waals surface area contributed by atoms with E-state index in [4.69, 9.17) is 44.9 Å². The van der Waals surface area contributed by atoms with Crippen LogP contribution in [0, 0.1) is 13.8 Å². The van der Waals surface area contributed by atoms with E-state index < -0.39 is 0 Å². The minimum absolute atomic E-state index is 0.199. The van der Waals surface area contributed by atoms with Gasteiger partial charge in [0.05, 0.1) is 48.4 Å². The van der Waals surface area contributed by atoms with Crippen LogP contribution in [0.1, 0.15) is 34.7 Å². The van der Waals surface area contributed by atoms with E-state index in [0.717, 1.165) is 34.0 Å². The molecule has 9 heteroatoms. The quantitative estimate of drug-likeness (QED) is 0.260. The number of hydrogen-bond acceptors (Lipinski definition) is 4. The number of nitrogens with one attached hydrogen (secondary N) is 1. The van der Waals surface area contributed by atoms with Crippen molar-refractivity contribution >= 4 is 46.2 Å². The second kappa shape index (κ2) is 10.2. The highest BCUT2D eigenvalue weighted by molar-refractivity contribution is 7.80. The van der Waals surface area contributed by atoms with Crippen molar-refractivity contribution in [2.45, 2.75) is 25.9 Å². The predicted molar refractivity (Wildman–Crippen MR) is 153 cm³/mol. The molecule has 1 aliphatic heterocycles. The summed E-state index contributed by atoms with van der Waals surface area (Å²) in [4.78, 5) is 6.77. The van der Waals surface area contributed by atoms with Gasteiger partial charge in [-0.25, -0.2) is 0 Å². The summed E-state index contributed by atoms with van der Waals surface area (Å²) >= 11 is 18.7. The van der Waals surface area contributed by atoms with Crippen LogP contribution in [0.25, 0.3) is 5.69 Å². The third-order valence-electron chi connectivity index (χ3n) is 6.68. The SMILES string of the molecule is COc1ccc(N2C(=S)N[C@H](c3ccccn3)[C@@H]2c2cc(C)n(-c3ccc(Cl)cc3Cl)c2C)c(OC)c1. The maximum absolute atomic E-state index is 6.63. The molecular weight excluding hydrogens is 527 g/mol. The van der Waals surface area contributed by atoms with Gasteiger partial charge in [0.2, 0.25) is 0 Å². The van der Waals surface area contributed by atoms with Crippen LogP contribution in [0.15, 0.2) is 66.9 Å². The molecule has 0 aliphatic carbocycles. The van der Waals surface area contributed by atoms with Crippen molar-refractivity contribution in [2.75, 3.05) is 19.1 Å². The maximum Gasteiger partial charge on any atom is 0.174 e. The Hall–Kier alpha value is -3.26. The molecule has 1 aliphatic rings. The molecule has 6 nitrogen and oxygen atoms in total. The van der Waals surface area contributed by atoms with Crippen LogP contribution >= 0.6 is 35.4 Å². The molecule has 1 N–H and O–H groups in total. The number of anilines is 1. The van der Waals surface area contributed by atoms with E-state index in [9.17, 15) is 0 Å². The Bertz CT molecular complexity index is 1470. The van der Waals surface area contributed by atoms with Gasteiger partial charge in [0.15, 0.2) is 5.11 Å². The zero-order valence-corrected chi connectivity index (χ0v) is 23.2. The highest BCUT2D eigenvalue weighted by Gasteiger charge is 2.43. The first-order valence-electron chi connectivity index (χ1n) is 11.7. The first-order chi connectivity index (χ1) is 17.8. The Labute approximate surface area is 231 Å². The van der Waals surface area contributed by atoms with Gasteiger partial charge in [-0.3, -0.25) is 4.98 Å². The lowest BCUT2D eigenvalue weighted by Gasteiger charge is -2.29. The number of methoxy groups -OCH3 is 2. The smallest absolute Gasteiger partial charge is 0.174 e. The van der Waals surface area contributed by atoms with Crippen LogP contribution in [0.3, 0.4) is 0 Å². The monoisotopic (exact) mass is 552 g/mol. The summed E-state index contributed by atoms with van der Waals surface area (Å²) in [6.45, 7) is 4.16. The number of benzene rings is 2. The second-order valence-corrected chi connectivity index (χ2v) is 10.0. The number of thiocarbonyl (C=S) groups is 1. The number of ether oxygens (including phenoxy) is 2. The molecule has 37 heavy (non-hydrogen) atoms. The van der Waals surface area contributed by atoms with Gasteiger partial charge in [-0.15, -0.1) is 0 Å². The first-order valence-corrected chi connectivity index (χ1v) is 12.9.